The molecule has 0 bridgehead atoms. The maximum absolute atomic E-state index is 11.7. The van der Waals surface area contributed by atoms with E-state index in [2.05, 4.69) is 0 Å². The van der Waals surface area contributed by atoms with Gasteiger partial charge in [0.1, 0.15) is 4.32 Å². The van der Waals surface area contributed by atoms with Gasteiger partial charge in [-0.15, -0.1) is 0 Å². The third-order valence-electron chi connectivity index (χ3n) is 2.45. The largest absolute Gasteiger partial charge is 0.478 e. The fourth-order valence-corrected chi connectivity index (χ4v) is 2.65. The number of carbonyl (C=O) groups excluding carboxylic acids is 1. The molecule has 88 valence electrons. The van der Waals surface area contributed by atoms with Crippen molar-refractivity contribution in [2.75, 3.05) is 10.7 Å². The molecule has 1 heterocycles. The average molecular weight is 267 g/mol. The van der Waals surface area contributed by atoms with Crippen molar-refractivity contribution in [1.82, 2.24) is 0 Å². The molecular weight excluding hydrogens is 258 g/mol. The number of thioether (sulfide) groups is 1. The predicted octanol–water partition coefficient (Wildman–Crippen LogP) is 2.06. The molecule has 2 rings (SSSR count). The SMILES string of the molecule is Cc1ccc(C(=O)O)cc1N1C(=O)CSC1=S. The second-order valence-electron chi connectivity index (χ2n) is 3.59. The molecule has 0 saturated carbocycles. The molecule has 1 amide bonds. The van der Waals surface area contributed by atoms with Gasteiger partial charge in [-0.3, -0.25) is 9.69 Å². The van der Waals surface area contributed by atoms with Gasteiger partial charge in [0.05, 0.1) is 17.0 Å². The minimum absolute atomic E-state index is 0.106. The van der Waals surface area contributed by atoms with E-state index >= 15 is 0 Å². The quantitative estimate of drug-likeness (QED) is 0.831. The Labute approximate surface area is 108 Å². The Morgan fingerprint density at radius 1 is 1.53 bits per heavy atom. The van der Waals surface area contributed by atoms with Crippen LogP contribution in [-0.4, -0.2) is 27.1 Å². The van der Waals surface area contributed by atoms with Gasteiger partial charge in [0.25, 0.3) is 0 Å². The van der Waals surface area contributed by atoms with E-state index in [1.807, 2.05) is 6.92 Å². The number of amides is 1. The molecule has 0 atom stereocenters. The lowest BCUT2D eigenvalue weighted by Crippen LogP contribution is -2.28. The number of carboxylic acid groups (broad SMARTS) is 1. The number of hydrogen-bond acceptors (Lipinski definition) is 4. The smallest absolute Gasteiger partial charge is 0.335 e. The summed E-state index contributed by atoms with van der Waals surface area (Å²) in [6.45, 7) is 1.82. The molecule has 17 heavy (non-hydrogen) atoms. The van der Waals surface area contributed by atoms with Crippen LogP contribution in [0.2, 0.25) is 0 Å². The zero-order chi connectivity index (χ0) is 12.6. The van der Waals surface area contributed by atoms with Gasteiger partial charge in [0.2, 0.25) is 5.91 Å². The summed E-state index contributed by atoms with van der Waals surface area (Å²) in [5.41, 5.74) is 1.54. The summed E-state index contributed by atoms with van der Waals surface area (Å²) in [7, 11) is 0. The lowest BCUT2D eigenvalue weighted by atomic mass is 10.1. The third-order valence-corrected chi connectivity index (χ3v) is 3.81. The van der Waals surface area contributed by atoms with Gasteiger partial charge in [0.15, 0.2) is 0 Å². The summed E-state index contributed by atoms with van der Waals surface area (Å²) < 4.78 is 0.473. The maximum atomic E-state index is 11.7. The molecule has 4 nitrogen and oxygen atoms in total. The molecule has 0 spiro atoms. The topological polar surface area (TPSA) is 57.6 Å². The first-order valence-electron chi connectivity index (χ1n) is 4.84. The number of hydrogen-bond donors (Lipinski definition) is 1. The van der Waals surface area contributed by atoms with Crippen molar-refractivity contribution >= 4 is 45.9 Å². The fraction of sp³-hybridized carbons (Fsp3) is 0.182. The average Bonchev–Trinajstić information content (AvgIpc) is 2.59. The van der Waals surface area contributed by atoms with Gasteiger partial charge in [-0.05, 0) is 24.6 Å². The highest BCUT2D eigenvalue weighted by molar-refractivity contribution is 8.24. The van der Waals surface area contributed by atoms with Crippen molar-refractivity contribution < 1.29 is 14.7 Å². The van der Waals surface area contributed by atoms with E-state index in [0.717, 1.165) is 5.56 Å². The van der Waals surface area contributed by atoms with Crippen LogP contribution in [0.25, 0.3) is 0 Å². The van der Waals surface area contributed by atoms with E-state index in [-0.39, 0.29) is 11.5 Å². The van der Waals surface area contributed by atoms with Crippen molar-refractivity contribution in [3.63, 3.8) is 0 Å². The number of carbonyl (C=O) groups is 2. The van der Waals surface area contributed by atoms with Gasteiger partial charge >= 0.3 is 5.97 Å². The van der Waals surface area contributed by atoms with Crippen molar-refractivity contribution in [3.8, 4) is 0 Å². The highest BCUT2D eigenvalue weighted by atomic mass is 32.2. The minimum Gasteiger partial charge on any atom is -0.478 e. The normalized spacial score (nSPS) is 15.5. The van der Waals surface area contributed by atoms with Crippen LogP contribution in [-0.2, 0) is 4.79 Å². The van der Waals surface area contributed by atoms with Crippen LogP contribution in [0.5, 0.6) is 0 Å². The summed E-state index contributed by atoms with van der Waals surface area (Å²) in [5.74, 6) is -0.808. The molecular formula is C11H9NO3S2. The van der Waals surface area contributed by atoms with Crippen molar-refractivity contribution in [2.45, 2.75) is 6.92 Å². The number of aromatic carboxylic acids is 1. The molecule has 1 fully saturated rings. The Kier molecular flexibility index (Phi) is 3.17. The number of nitrogens with zero attached hydrogens (tertiary/aromatic N) is 1. The number of anilines is 1. The highest BCUT2D eigenvalue weighted by Crippen LogP contribution is 2.30. The zero-order valence-electron chi connectivity index (χ0n) is 8.97. The van der Waals surface area contributed by atoms with Crippen LogP contribution in [0, 0.1) is 6.92 Å². The van der Waals surface area contributed by atoms with E-state index in [1.54, 1.807) is 6.07 Å². The van der Waals surface area contributed by atoms with Crippen LogP contribution in [0.3, 0.4) is 0 Å². The second-order valence-corrected chi connectivity index (χ2v) is 5.20. The van der Waals surface area contributed by atoms with E-state index in [1.165, 1.54) is 28.8 Å². The lowest BCUT2D eigenvalue weighted by molar-refractivity contribution is -0.115. The van der Waals surface area contributed by atoms with Crippen LogP contribution < -0.4 is 4.90 Å². The highest BCUT2D eigenvalue weighted by Gasteiger charge is 2.29. The molecule has 0 radical (unpaired) electrons. The molecule has 1 saturated heterocycles. The van der Waals surface area contributed by atoms with Gasteiger partial charge in [-0.1, -0.05) is 30.0 Å². The minimum atomic E-state index is -1.02. The van der Waals surface area contributed by atoms with Crippen molar-refractivity contribution in [1.29, 1.82) is 0 Å². The third kappa shape index (κ3) is 2.18. The predicted molar refractivity (Wildman–Crippen MR) is 70.7 cm³/mol. The van der Waals surface area contributed by atoms with E-state index < -0.39 is 5.97 Å². The molecule has 1 N–H and O–H groups in total. The monoisotopic (exact) mass is 267 g/mol. The van der Waals surface area contributed by atoms with Crippen molar-refractivity contribution in [3.05, 3.63) is 29.3 Å². The maximum Gasteiger partial charge on any atom is 0.335 e. The number of aryl methyl sites for hydroxylation is 1. The number of thiocarbonyl (C=S) groups is 1. The first kappa shape index (κ1) is 12.1. The number of carboxylic acids is 1. The Hall–Kier alpha value is -1.40. The lowest BCUT2D eigenvalue weighted by Gasteiger charge is -2.17. The fourth-order valence-electron chi connectivity index (χ4n) is 1.57. The molecule has 1 aromatic rings. The molecule has 0 aromatic heterocycles. The van der Waals surface area contributed by atoms with Crippen LogP contribution in [0.4, 0.5) is 5.69 Å². The summed E-state index contributed by atoms with van der Waals surface area (Å²) in [4.78, 5) is 24.0. The molecule has 1 aliphatic rings. The Bertz CT molecular complexity index is 511. The van der Waals surface area contributed by atoms with Gasteiger partial charge in [-0.2, -0.15) is 0 Å². The number of benzene rings is 1. The van der Waals surface area contributed by atoms with Gasteiger partial charge < -0.3 is 5.11 Å². The summed E-state index contributed by atoms with van der Waals surface area (Å²) in [5, 5.41) is 8.93. The van der Waals surface area contributed by atoms with Crippen LogP contribution in [0.15, 0.2) is 18.2 Å². The van der Waals surface area contributed by atoms with Crippen LogP contribution in [0.1, 0.15) is 15.9 Å². The molecule has 6 heteroatoms. The van der Waals surface area contributed by atoms with E-state index in [9.17, 15) is 9.59 Å². The Morgan fingerprint density at radius 2 is 2.24 bits per heavy atom. The summed E-state index contributed by atoms with van der Waals surface area (Å²) in [6, 6.07) is 4.67. The number of rotatable bonds is 2. The molecule has 1 aliphatic heterocycles. The van der Waals surface area contributed by atoms with Crippen LogP contribution >= 0.6 is 24.0 Å². The summed E-state index contributed by atoms with van der Waals surface area (Å²) in [6.07, 6.45) is 0. The standard InChI is InChI=1S/C11H9NO3S2/c1-6-2-3-7(10(14)15)4-8(6)12-9(13)5-17-11(12)16/h2-4H,5H2,1H3,(H,14,15). The molecule has 1 aromatic carbocycles. The van der Waals surface area contributed by atoms with Gasteiger partial charge in [0, 0.05) is 0 Å². The van der Waals surface area contributed by atoms with Gasteiger partial charge in [-0.25, -0.2) is 4.79 Å². The molecule has 0 aliphatic carbocycles. The Balaban J connectivity index is 2.50. The Morgan fingerprint density at radius 3 is 2.76 bits per heavy atom. The first-order valence-corrected chi connectivity index (χ1v) is 6.24. The molecule has 0 unspecified atom stereocenters. The van der Waals surface area contributed by atoms with E-state index in [0.29, 0.717) is 15.8 Å². The second kappa shape index (κ2) is 4.46. The zero-order valence-corrected chi connectivity index (χ0v) is 10.6. The first-order chi connectivity index (χ1) is 8.00. The van der Waals surface area contributed by atoms with E-state index in [4.69, 9.17) is 17.3 Å². The summed E-state index contributed by atoms with van der Waals surface area (Å²) >= 11 is 6.38. The van der Waals surface area contributed by atoms with Crippen molar-refractivity contribution in [2.24, 2.45) is 0 Å².